The van der Waals surface area contributed by atoms with E-state index in [4.69, 9.17) is 0 Å². The van der Waals surface area contributed by atoms with Crippen molar-refractivity contribution in [3.63, 3.8) is 0 Å². The fourth-order valence-corrected chi connectivity index (χ4v) is 2.95. The molecule has 0 bridgehead atoms. The van der Waals surface area contributed by atoms with Crippen molar-refractivity contribution >= 4 is 43.5 Å². The second-order valence-corrected chi connectivity index (χ2v) is 5.92. The fraction of sp³-hybridized carbons (Fsp3) is 0.462. The number of rotatable bonds is 6. The van der Waals surface area contributed by atoms with Gasteiger partial charge in [0.1, 0.15) is 0 Å². The first kappa shape index (κ1) is 15.5. The molecule has 1 unspecified atom stereocenters. The minimum atomic E-state index is 0.0126. The maximum Gasteiger partial charge on any atom is 0.239 e. The summed E-state index contributed by atoms with van der Waals surface area (Å²) in [6.07, 6.45) is 2.08. The second-order valence-electron chi connectivity index (χ2n) is 4.21. The van der Waals surface area contributed by atoms with Gasteiger partial charge in [0.25, 0.3) is 0 Å². The topological polar surface area (TPSA) is 41.1 Å². The zero-order chi connectivity index (χ0) is 13.5. The number of halogens is 2. The van der Waals surface area contributed by atoms with E-state index < -0.39 is 0 Å². The molecule has 1 amide bonds. The van der Waals surface area contributed by atoms with E-state index in [9.17, 15) is 4.79 Å². The van der Waals surface area contributed by atoms with E-state index in [1.807, 2.05) is 25.1 Å². The fourth-order valence-electron chi connectivity index (χ4n) is 1.67. The highest BCUT2D eigenvalue weighted by molar-refractivity contribution is 9.11. The molecule has 1 aromatic rings. The van der Waals surface area contributed by atoms with Crippen LogP contribution in [0.15, 0.2) is 27.1 Å². The highest BCUT2D eigenvalue weighted by Gasteiger charge is 2.08. The molecule has 0 aliphatic heterocycles. The third kappa shape index (κ3) is 4.98. The Kier molecular flexibility index (Phi) is 6.71. The van der Waals surface area contributed by atoms with Crippen LogP contribution in [-0.4, -0.2) is 18.5 Å². The van der Waals surface area contributed by atoms with Crippen LogP contribution in [-0.2, 0) is 4.79 Å². The van der Waals surface area contributed by atoms with Crippen LogP contribution in [0.1, 0.15) is 26.7 Å². The molecular weight excluding hydrogens is 360 g/mol. The summed E-state index contributed by atoms with van der Waals surface area (Å²) in [5.41, 5.74) is 0.899. The Hall–Kier alpha value is -0.550. The average Bonchev–Trinajstić information content (AvgIpc) is 2.28. The molecule has 0 aromatic heterocycles. The van der Waals surface area contributed by atoms with Crippen molar-refractivity contribution in [3.05, 3.63) is 27.1 Å². The predicted molar refractivity (Wildman–Crippen MR) is 82.8 cm³/mol. The lowest BCUT2D eigenvalue weighted by Gasteiger charge is -2.14. The Morgan fingerprint density at radius 1 is 1.33 bits per heavy atom. The van der Waals surface area contributed by atoms with Crippen LogP contribution in [0.2, 0.25) is 0 Å². The molecule has 3 nitrogen and oxygen atoms in total. The van der Waals surface area contributed by atoms with Crippen LogP contribution in [0.25, 0.3) is 0 Å². The number of carbonyl (C=O) groups is 1. The van der Waals surface area contributed by atoms with Crippen molar-refractivity contribution in [2.45, 2.75) is 32.7 Å². The number of carbonyl (C=O) groups excluding carboxylic acids is 1. The number of benzene rings is 1. The summed E-state index contributed by atoms with van der Waals surface area (Å²) in [5.74, 6) is 0.0126. The molecule has 0 fully saturated rings. The van der Waals surface area contributed by atoms with E-state index in [0.717, 1.165) is 27.5 Å². The summed E-state index contributed by atoms with van der Waals surface area (Å²) >= 11 is 6.90. The summed E-state index contributed by atoms with van der Waals surface area (Å²) < 4.78 is 1.87. The first-order valence-electron chi connectivity index (χ1n) is 6.01. The first-order valence-corrected chi connectivity index (χ1v) is 7.60. The van der Waals surface area contributed by atoms with Gasteiger partial charge in [-0.25, -0.2) is 0 Å². The second kappa shape index (κ2) is 7.79. The quantitative estimate of drug-likeness (QED) is 0.788. The molecule has 0 saturated heterocycles. The van der Waals surface area contributed by atoms with Gasteiger partial charge in [0, 0.05) is 15.0 Å². The minimum Gasteiger partial charge on any atom is -0.374 e. The molecule has 0 aliphatic rings. The number of anilines is 1. The maximum absolute atomic E-state index is 11.7. The summed E-state index contributed by atoms with van der Waals surface area (Å²) in [7, 11) is 0. The standard InChI is InChI=1S/C13H18Br2N2O/c1-3-5-9(2)17-12(18)8-16-13-10(14)6-4-7-11(13)15/h4,6-7,9,16H,3,5,8H2,1-2H3,(H,17,18). The van der Waals surface area contributed by atoms with Crippen molar-refractivity contribution in [2.24, 2.45) is 0 Å². The number of hydrogen-bond donors (Lipinski definition) is 2. The molecule has 100 valence electrons. The van der Waals surface area contributed by atoms with Crippen LogP contribution < -0.4 is 10.6 Å². The van der Waals surface area contributed by atoms with E-state index in [1.165, 1.54) is 0 Å². The molecule has 2 N–H and O–H groups in total. The molecule has 1 rings (SSSR count). The zero-order valence-corrected chi connectivity index (χ0v) is 13.8. The smallest absolute Gasteiger partial charge is 0.239 e. The zero-order valence-electron chi connectivity index (χ0n) is 10.6. The third-order valence-corrected chi connectivity index (χ3v) is 3.84. The lowest BCUT2D eigenvalue weighted by Crippen LogP contribution is -2.36. The van der Waals surface area contributed by atoms with Crippen molar-refractivity contribution in [1.82, 2.24) is 5.32 Å². The Morgan fingerprint density at radius 3 is 2.50 bits per heavy atom. The lowest BCUT2D eigenvalue weighted by molar-refractivity contribution is -0.120. The molecule has 0 aliphatic carbocycles. The van der Waals surface area contributed by atoms with Gasteiger partial charge >= 0.3 is 0 Å². The third-order valence-electron chi connectivity index (χ3n) is 2.52. The number of nitrogens with one attached hydrogen (secondary N) is 2. The van der Waals surface area contributed by atoms with E-state index in [2.05, 4.69) is 49.4 Å². The van der Waals surface area contributed by atoms with Crippen molar-refractivity contribution in [1.29, 1.82) is 0 Å². The van der Waals surface area contributed by atoms with Crippen LogP contribution >= 0.6 is 31.9 Å². The van der Waals surface area contributed by atoms with Gasteiger partial charge in [-0.3, -0.25) is 4.79 Å². The van der Waals surface area contributed by atoms with Gasteiger partial charge in [-0.1, -0.05) is 19.4 Å². The van der Waals surface area contributed by atoms with E-state index in [-0.39, 0.29) is 18.5 Å². The van der Waals surface area contributed by atoms with Gasteiger partial charge in [-0.05, 0) is 57.3 Å². The summed E-state index contributed by atoms with van der Waals surface area (Å²) in [4.78, 5) is 11.7. The Morgan fingerprint density at radius 2 is 1.94 bits per heavy atom. The van der Waals surface area contributed by atoms with Crippen LogP contribution in [0.3, 0.4) is 0 Å². The van der Waals surface area contributed by atoms with Crippen molar-refractivity contribution in [2.75, 3.05) is 11.9 Å². The number of hydrogen-bond acceptors (Lipinski definition) is 2. The molecule has 18 heavy (non-hydrogen) atoms. The molecule has 0 spiro atoms. The van der Waals surface area contributed by atoms with E-state index in [0.29, 0.717) is 0 Å². The van der Waals surface area contributed by atoms with Gasteiger partial charge in [-0.2, -0.15) is 0 Å². The Bertz CT molecular complexity index is 390. The molecule has 0 radical (unpaired) electrons. The maximum atomic E-state index is 11.7. The highest BCUT2D eigenvalue weighted by atomic mass is 79.9. The van der Waals surface area contributed by atoms with Gasteiger partial charge in [0.2, 0.25) is 5.91 Å². The SMILES string of the molecule is CCCC(C)NC(=O)CNc1c(Br)cccc1Br. The summed E-state index contributed by atoms with van der Waals surface area (Å²) in [6, 6.07) is 6.03. The Labute approximate surface area is 125 Å². The summed E-state index contributed by atoms with van der Waals surface area (Å²) in [5, 5.41) is 6.08. The minimum absolute atomic E-state index is 0.0126. The van der Waals surface area contributed by atoms with Crippen LogP contribution in [0.5, 0.6) is 0 Å². The first-order chi connectivity index (χ1) is 8.54. The monoisotopic (exact) mass is 376 g/mol. The summed E-state index contributed by atoms with van der Waals surface area (Å²) in [6.45, 7) is 4.41. The number of amides is 1. The molecule has 0 heterocycles. The largest absolute Gasteiger partial charge is 0.374 e. The van der Waals surface area contributed by atoms with E-state index >= 15 is 0 Å². The molecule has 5 heteroatoms. The number of para-hydroxylation sites is 1. The average molecular weight is 378 g/mol. The molecule has 0 saturated carbocycles. The van der Waals surface area contributed by atoms with Crippen molar-refractivity contribution in [3.8, 4) is 0 Å². The van der Waals surface area contributed by atoms with Crippen LogP contribution in [0, 0.1) is 0 Å². The Balaban J connectivity index is 2.48. The van der Waals surface area contributed by atoms with Gasteiger partial charge in [0.15, 0.2) is 0 Å². The van der Waals surface area contributed by atoms with Crippen LogP contribution in [0.4, 0.5) is 5.69 Å². The highest BCUT2D eigenvalue weighted by Crippen LogP contribution is 2.30. The molecule has 1 atom stereocenters. The molecular formula is C13H18Br2N2O. The van der Waals surface area contributed by atoms with Gasteiger partial charge in [0.05, 0.1) is 12.2 Å². The lowest BCUT2D eigenvalue weighted by atomic mass is 10.2. The van der Waals surface area contributed by atoms with E-state index in [1.54, 1.807) is 0 Å². The predicted octanol–water partition coefficient (Wildman–Crippen LogP) is 3.93. The normalized spacial score (nSPS) is 12.0. The van der Waals surface area contributed by atoms with Gasteiger partial charge < -0.3 is 10.6 Å². The van der Waals surface area contributed by atoms with Gasteiger partial charge in [-0.15, -0.1) is 0 Å². The molecule has 1 aromatic carbocycles. The van der Waals surface area contributed by atoms with Crippen molar-refractivity contribution < 1.29 is 4.79 Å².